The molecule has 2 N–H and O–H groups in total. The molecule has 0 aliphatic heterocycles. The van der Waals surface area contributed by atoms with Crippen LogP contribution in [0.15, 0.2) is 58.1 Å². The smallest absolute Gasteiger partial charge is 0.337 e. The van der Waals surface area contributed by atoms with E-state index in [4.69, 9.17) is 0 Å². The molecule has 1 aromatic heterocycles. The van der Waals surface area contributed by atoms with Crippen LogP contribution in [0.2, 0.25) is 0 Å². The lowest BCUT2D eigenvalue weighted by molar-refractivity contribution is -0.121. The minimum absolute atomic E-state index is 0.330. The van der Waals surface area contributed by atoms with Gasteiger partial charge in [0.2, 0.25) is 5.91 Å². The quantitative estimate of drug-likeness (QED) is 0.615. The Morgan fingerprint density at radius 3 is 2.50 bits per heavy atom. The molecule has 0 unspecified atom stereocenters. The number of nitrogens with zero attached hydrogens (tertiary/aromatic N) is 1. The summed E-state index contributed by atoms with van der Waals surface area (Å²) in [7, 11) is 1.32. The molecule has 144 valence electrons. The zero-order chi connectivity index (χ0) is 20.1. The number of aromatic amines is 1. The van der Waals surface area contributed by atoms with Crippen LogP contribution >= 0.6 is 0 Å². The monoisotopic (exact) mass is 381 g/mol. The van der Waals surface area contributed by atoms with E-state index >= 15 is 0 Å². The first-order chi connectivity index (χ1) is 13.5. The van der Waals surface area contributed by atoms with Crippen molar-refractivity contribution in [3.05, 3.63) is 80.5 Å². The number of fused-ring (bicyclic) bond motifs is 1. The lowest BCUT2D eigenvalue weighted by Crippen LogP contribution is -2.41. The average molecular weight is 381 g/mol. The molecule has 0 atom stereocenters. The number of amides is 1. The zero-order valence-electron chi connectivity index (χ0n) is 15.2. The fraction of sp³-hybridized carbons (Fsp3) is 0.200. The Morgan fingerprint density at radius 1 is 1.07 bits per heavy atom. The highest BCUT2D eigenvalue weighted by molar-refractivity contribution is 5.89. The molecule has 0 radical (unpaired) electrons. The number of benzene rings is 2. The third kappa shape index (κ3) is 4.17. The maximum atomic E-state index is 12.4. The van der Waals surface area contributed by atoms with Gasteiger partial charge in [0.1, 0.15) is 6.54 Å². The molecule has 0 saturated heterocycles. The molecular formula is C20H19N3O5. The summed E-state index contributed by atoms with van der Waals surface area (Å²) in [5.41, 5.74) is 0.675. The predicted octanol–water partition coefficient (Wildman–Crippen LogP) is 0.835. The summed E-state index contributed by atoms with van der Waals surface area (Å²) in [6.07, 6.45) is 0.538. The minimum Gasteiger partial charge on any atom is -0.465 e. The van der Waals surface area contributed by atoms with E-state index in [9.17, 15) is 19.2 Å². The lowest BCUT2D eigenvalue weighted by atomic mass is 10.1. The second-order valence-corrected chi connectivity index (χ2v) is 6.16. The summed E-state index contributed by atoms with van der Waals surface area (Å²) in [5.74, 6) is -0.847. The number of hydrogen-bond acceptors (Lipinski definition) is 5. The molecule has 3 rings (SSSR count). The number of esters is 1. The average Bonchev–Trinajstić information content (AvgIpc) is 2.71. The van der Waals surface area contributed by atoms with Crippen LogP contribution in [0.5, 0.6) is 0 Å². The van der Waals surface area contributed by atoms with Gasteiger partial charge in [-0.3, -0.25) is 14.2 Å². The third-order valence-corrected chi connectivity index (χ3v) is 4.30. The fourth-order valence-electron chi connectivity index (χ4n) is 2.81. The maximum Gasteiger partial charge on any atom is 0.337 e. The Morgan fingerprint density at radius 2 is 1.79 bits per heavy atom. The summed E-state index contributed by atoms with van der Waals surface area (Å²) in [4.78, 5) is 50.6. The number of carbonyl (C=O) groups is 2. The number of methoxy groups -OCH3 is 1. The second kappa shape index (κ2) is 8.34. The summed E-state index contributed by atoms with van der Waals surface area (Å²) < 4.78 is 5.52. The van der Waals surface area contributed by atoms with Gasteiger partial charge in [-0.1, -0.05) is 24.3 Å². The third-order valence-electron chi connectivity index (χ3n) is 4.30. The highest BCUT2D eigenvalue weighted by atomic mass is 16.5. The van der Waals surface area contributed by atoms with Crippen LogP contribution in [-0.2, 0) is 22.5 Å². The molecule has 1 heterocycles. The van der Waals surface area contributed by atoms with E-state index in [-0.39, 0.29) is 6.54 Å². The van der Waals surface area contributed by atoms with Crippen molar-refractivity contribution in [3.8, 4) is 0 Å². The number of ether oxygens (including phenoxy) is 1. The van der Waals surface area contributed by atoms with E-state index in [0.29, 0.717) is 29.4 Å². The molecule has 0 bridgehead atoms. The number of hydrogen-bond donors (Lipinski definition) is 2. The molecule has 0 spiro atoms. The van der Waals surface area contributed by atoms with E-state index in [1.54, 1.807) is 48.5 Å². The van der Waals surface area contributed by atoms with Crippen molar-refractivity contribution in [1.82, 2.24) is 14.9 Å². The number of para-hydroxylation sites is 1. The van der Waals surface area contributed by atoms with Crippen LogP contribution in [0.1, 0.15) is 15.9 Å². The van der Waals surface area contributed by atoms with Gasteiger partial charge in [0.15, 0.2) is 0 Å². The number of aromatic nitrogens is 2. The molecule has 1 amide bonds. The molecule has 8 heteroatoms. The SMILES string of the molecule is COC(=O)c1ccc(CCNC(=O)Cn2c(=O)[nH]c3ccccc3c2=O)cc1. The number of H-pyrrole nitrogens is 1. The van der Waals surface area contributed by atoms with Crippen molar-refractivity contribution in [2.75, 3.05) is 13.7 Å². The topological polar surface area (TPSA) is 110 Å². The molecule has 28 heavy (non-hydrogen) atoms. The van der Waals surface area contributed by atoms with Crippen molar-refractivity contribution in [2.45, 2.75) is 13.0 Å². The van der Waals surface area contributed by atoms with E-state index in [1.165, 1.54) is 7.11 Å². The highest BCUT2D eigenvalue weighted by Gasteiger charge is 2.11. The summed E-state index contributed by atoms with van der Waals surface area (Å²) >= 11 is 0. The standard InChI is InChI=1S/C20H19N3O5/c1-28-19(26)14-8-6-13(7-9-14)10-11-21-17(24)12-23-18(25)15-4-2-3-5-16(15)22-20(23)27/h2-9H,10-12H2,1H3,(H,21,24)(H,22,27). The Labute approximate surface area is 159 Å². The van der Waals surface area contributed by atoms with Crippen molar-refractivity contribution >= 4 is 22.8 Å². The largest absolute Gasteiger partial charge is 0.465 e. The van der Waals surface area contributed by atoms with Gasteiger partial charge in [0, 0.05) is 6.54 Å². The molecule has 0 saturated carbocycles. The van der Waals surface area contributed by atoms with Crippen LogP contribution in [-0.4, -0.2) is 35.1 Å². The van der Waals surface area contributed by atoms with Crippen molar-refractivity contribution < 1.29 is 14.3 Å². The Kier molecular flexibility index (Phi) is 5.69. The first-order valence-corrected chi connectivity index (χ1v) is 8.65. The zero-order valence-corrected chi connectivity index (χ0v) is 15.2. The molecule has 2 aromatic carbocycles. The van der Waals surface area contributed by atoms with Crippen LogP contribution < -0.4 is 16.6 Å². The number of carbonyl (C=O) groups excluding carboxylic acids is 2. The van der Waals surface area contributed by atoms with Gasteiger partial charge >= 0.3 is 11.7 Å². The van der Waals surface area contributed by atoms with Crippen LogP contribution in [0, 0.1) is 0 Å². The second-order valence-electron chi connectivity index (χ2n) is 6.16. The van der Waals surface area contributed by atoms with Gasteiger partial charge in [-0.05, 0) is 36.2 Å². The maximum absolute atomic E-state index is 12.4. The van der Waals surface area contributed by atoms with E-state index in [2.05, 4.69) is 15.0 Å². The lowest BCUT2D eigenvalue weighted by Gasteiger charge is -2.08. The summed E-state index contributed by atoms with van der Waals surface area (Å²) in [6, 6.07) is 13.5. The van der Waals surface area contributed by atoms with Crippen LogP contribution in [0.25, 0.3) is 10.9 Å². The molecule has 0 aliphatic rings. The van der Waals surface area contributed by atoms with Gasteiger partial charge < -0.3 is 15.0 Å². The Bertz CT molecular complexity index is 1130. The minimum atomic E-state index is -0.628. The molecule has 8 nitrogen and oxygen atoms in total. The van der Waals surface area contributed by atoms with E-state index in [0.717, 1.165) is 10.1 Å². The van der Waals surface area contributed by atoms with Crippen molar-refractivity contribution in [3.63, 3.8) is 0 Å². The van der Waals surface area contributed by atoms with Gasteiger partial charge in [-0.15, -0.1) is 0 Å². The Balaban J connectivity index is 1.61. The van der Waals surface area contributed by atoms with Crippen molar-refractivity contribution in [1.29, 1.82) is 0 Å². The normalized spacial score (nSPS) is 10.6. The van der Waals surface area contributed by atoms with Gasteiger partial charge in [0.05, 0.1) is 23.6 Å². The highest BCUT2D eigenvalue weighted by Crippen LogP contribution is 2.06. The van der Waals surface area contributed by atoms with Crippen LogP contribution in [0.4, 0.5) is 0 Å². The van der Waals surface area contributed by atoms with Gasteiger partial charge in [-0.2, -0.15) is 0 Å². The molecule has 3 aromatic rings. The summed E-state index contributed by atoms with van der Waals surface area (Å²) in [5, 5.41) is 3.04. The molecule has 0 fully saturated rings. The van der Waals surface area contributed by atoms with Crippen molar-refractivity contribution in [2.24, 2.45) is 0 Å². The first kappa shape index (κ1) is 19.1. The first-order valence-electron chi connectivity index (χ1n) is 8.65. The van der Waals surface area contributed by atoms with Gasteiger partial charge in [0.25, 0.3) is 5.56 Å². The Hall–Kier alpha value is -3.68. The van der Waals surface area contributed by atoms with Gasteiger partial charge in [-0.25, -0.2) is 9.59 Å². The molecule has 0 aliphatic carbocycles. The number of nitrogens with one attached hydrogen (secondary N) is 2. The predicted molar refractivity (Wildman–Crippen MR) is 103 cm³/mol. The van der Waals surface area contributed by atoms with E-state index in [1.807, 2.05) is 0 Å². The fourth-order valence-corrected chi connectivity index (χ4v) is 2.81. The van der Waals surface area contributed by atoms with E-state index < -0.39 is 23.1 Å². The molecular weight excluding hydrogens is 362 g/mol. The summed E-state index contributed by atoms with van der Waals surface area (Å²) in [6.45, 7) is -0.0308. The number of rotatable bonds is 6. The van der Waals surface area contributed by atoms with Crippen LogP contribution in [0.3, 0.4) is 0 Å².